The van der Waals surface area contributed by atoms with Crippen LogP contribution in [0.3, 0.4) is 0 Å². The molecule has 0 radical (unpaired) electrons. The number of para-hydroxylation sites is 1. The largest absolute Gasteiger partial charge is 0.494 e. The first kappa shape index (κ1) is 14.8. The molecule has 1 aromatic carbocycles. The van der Waals surface area contributed by atoms with Crippen LogP contribution in [0.5, 0.6) is 5.75 Å². The van der Waals surface area contributed by atoms with Gasteiger partial charge in [0.05, 0.1) is 18.3 Å². The molecule has 0 aliphatic rings. The van der Waals surface area contributed by atoms with Crippen LogP contribution in [0.2, 0.25) is 0 Å². The highest BCUT2D eigenvalue weighted by atomic mass is 32.1. The fraction of sp³-hybridized carbons (Fsp3) is 0.294. The molecule has 2 aromatic heterocycles. The van der Waals surface area contributed by atoms with Crippen molar-refractivity contribution in [3.63, 3.8) is 0 Å². The number of ether oxygens (including phenoxy) is 1. The molecule has 22 heavy (non-hydrogen) atoms. The minimum Gasteiger partial charge on any atom is -0.494 e. The molecule has 0 N–H and O–H groups in total. The molecule has 0 aliphatic heterocycles. The third kappa shape index (κ3) is 3.20. The first-order valence-corrected chi connectivity index (χ1v) is 8.25. The molecular formula is C17H18N2O2S. The summed E-state index contributed by atoms with van der Waals surface area (Å²) in [7, 11) is 0. The Kier molecular flexibility index (Phi) is 4.53. The third-order valence-electron chi connectivity index (χ3n) is 3.47. The van der Waals surface area contributed by atoms with Crippen LogP contribution in [-0.2, 0) is 13.0 Å². The van der Waals surface area contributed by atoms with Gasteiger partial charge >= 0.3 is 0 Å². The molecule has 5 heteroatoms. The highest BCUT2D eigenvalue weighted by Crippen LogP contribution is 2.21. The van der Waals surface area contributed by atoms with Gasteiger partial charge in [0.15, 0.2) is 0 Å². The molecule has 0 spiro atoms. The molecule has 0 saturated heterocycles. The van der Waals surface area contributed by atoms with Crippen LogP contribution in [0.4, 0.5) is 0 Å². The predicted molar refractivity (Wildman–Crippen MR) is 89.8 cm³/mol. The Morgan fingerprint density at radius 3 is 2.86 bits per heavy atom. The van der Waals surface area contributed by atoms with Crippen LogP contribution in [-0.4, -0.2) is 16.2 Å². The van der Waals surface area contributed by atoms with Crippen LogP contribution < -0.4 is 10.3 Å². The summed E-state index contributed by atoms with van der Waals surface area (Å²) in [6, 6.07) is 11.7. The lowest BCUT2D eigenvalue weighted by atomic mass is 10.3. The number of rotatable bonds is 6. The average Bonchev–Trinajstić information content (AvgIpc) is 2.98. The summed E-state index contributed by atoms with van der Waals surface area (Å²) in [5.41, 5.74) is 0.0423. The van der Waals surface area contributed by atoms with E-state index in [1.165, 1.54) is 4.88 Å². The van der Waals surface area contributed by atoms with Gasteiger partial charge < -0.3 is 4.74 Å². The van der Waals surface area contributed by atoms with Gasteiger partial charge in [-0.05, 0) is 31.0 Å². The molecule has 0 atom stereocenters. The number of benzene rings is 1. The van der Waals surface area contributed by atoms with Crippen LogP contribution in [0.1, 0.15) is 18.2 Å². The van der Waals surface area contributed by atoms with Crippen LogP contribution in [0, 0.1) is 0 Å². The Hall–Kier alpha value is -2.14. The number of thiophene rings is 1. The fourth-order valence-corrected chi connectivity index (χ4v) is 3.21. The van der Waals surface area contributed by atoms with Crippen LogP contribution in [0.15, 0.2) is 47.5 Å². The minimum atomic E-state index is 0.0423. The maximum atomic E-state index is 12.4. The number of hydrogen-bond acceptors (Lipinski definition) is 4. The molecule has 0 bridgehead atoms. The van der Waals surface area contributed by atoms with Gasteiger partial charge in [-0.2, -0.15) is 0 Å². The van der Waals surface area contributed by atoms with E-state index in [0.717, 1.165) is 28.8 Å². The van der Waals surface area contributed by atoms with E-state index < -0.39 is 0 Å². The van der Waals surface area contributed by atoms with Gasteiger partial charge in [0.1, 0.15) is 10.6 Å². The van der Waals surface area contributed by atoms with Crippen molar-refractivity contribution in [2.45, 2.75) is 26.3 Å². The normalized spacial score (nSPS) is 11.0. The Labute approximate surface area is 133 Å². The van der Waals surface area contributed by atoms with Gasteiger partial charge in [-0.15, -0.1) is 11.3 Å². The molecule has 3 aromatic rings. The van der Waals surface area contributed by atoms with E-state index in [-0.39, 0.29) is 5.56 Å². The zero-order chi connectivity index (χ0) is 15.4. The quantitative estimate of drug-likeness (QED) is 0.654. The molecule has 3 rings (SSSR count). The fourth-order valence-electron chi connectivity index (χ4n) is 2.28. The van der Waals surface area contributed by atoms with Gasteiger partial charge in [0.2, 0.25) is 0 Å². The molecule has 0 fully saturated rings. The SMILES string of the molecule is CCc1cc2c(=O)n(CCCOc3ccccc3)cnc2s1. The van der Waals surface area contributed by atoms with E-state index in [1.807, 2.05) is 36.4 Å². The average molecular weight is 314 g/mol. The standard InChI is InChI=1S/C17H18N2O2S/c1-2-14-11-15-16(22-14)18-12-19(17(15)20)9-6-10-21-13-7-4-3-5-8-13/h3-5,7-8,11-12H,2,6,9-10H2,1H3. The first-order chi connectivity index (χ1) is 10.8. The van der Waals surface area contributed by atoms with Crippen molar-refractivity contribution in [1.29, 1.82) is 0 Å². The van der Waals surface area contributed by atoms with Crippen molar-refractivity contribution in [1.82, 2.24) is 9.55 Å². The van der Waals surface area contributed by atoms with Crippen molar-refractivity contribution in [3.8, 4) is 5.75 Å². The van der Waals surface area contributed by atoms with Gasteiger partial charge in [-0.25, -0.2) is 4.98 Å². The van der Waals surface area contributed by atoms with Crippen LogP contribution >= 0.6 is 11.3 Å². The molecule has 0 amide bonds. The van der Waals surface area contributed by atoms with Gasteiger partial charge in [0.25, 0.3) is 5.56 Å². The minimum absolute atomic E-state index is 0.0423. The second-order valence-corrected chi connectivity index (χ2v) is 6.16. The third-order valence-corrected chi connectivity index (χ3v) is 4.66. The smallest absolute Gasteiger partial charge is 0.262 e. The highest BCUT2D eigenvalue weighted by molar-refractivity contribution is 7.18. The molecular weight excluding hydrogens is 296 g/mol. The number of hydrogen-bond donors (Lipinski definition) is 0. The molecule has 114 valence electrons. The van der Waals surface area contributed by atoms with E-state index in [9.17, 15) is 4.79 Å². The summed E-state index contributed by atoms with van der Waals surface area (Å²) in [4.78, 5) is 18.8. The highest BCUT2D eigenvalue weighted by Gasteiger charge is 2.08. The Morgan fingerprint density at radius 1 is 1.27 bits per heavy atom. The maximum absolute atomic E-state index is 12.4. The van der Waals surface area contributed by atoms with E-state index in [0.29, 0.717) is 13.2 Å². The number of aryl methyl sites for hydroxylation is 2. The number of aromatic nitrogens is 2. The van der Waals surface area contributed by atoms with Crippen molar-refractivity contribution < 1.29 is 4.74 Å². The van der Waals surface area contributed by atoms with Gasteiger partial charge in [-0.1, -0.05) is 25.1 Å². The summed E-state index contributed by atoms with van der Waals surface area (Å²) in [5, 5.41) is 0.730. The molecule has 2 heterocycles. The monoisotopic (exact) mass is 314 g/mol. The lowest BCUT2D eigenvalue weighted by molar-refractivity contribution is 0.301. The Morgan fingerprint density at radius 2 is 2.09 bits per heavy atom. The molecule has 4 nitrogen and oxygen atoms in total. The molecule has 0 saturated carbocycles. The Bertz CT molecular complexity index is 808. The number of nitrogens with zero attached hydrogens (tertiary/aromatic N) is 2. The van der Waals surface area contributed by atoms with Crippen LogP contribution in [0.25, 0.3) is 10.2 Å². The van der Waals surface area contributed by atoms with E-state index in [4.69, 9.17) is 4.74 Å². The lowest BCUT2D eigenvalue weighted by Crippen LogP contribution is -2.21. The van der Waals surface area contributed by atoms with E-state index in [2.05, 4.69) is 11.9 Å². The van der Waals surface area contributed by atoms with Crippen molar-refractivity contribution in [2.24, 2.45) is 0 Å². The molecule has 0 aliphatic carbocycles. The summed E-state index contributed by atoms with van der Waals surface area (Å²) >= 11 is 1.60. The van der Waals surface area contributed by atoms with E-state index >= 15 is 0 Å². The van der Waals surface area contributed by atoms with Crippen molar-refractivity contribution in [3.05, 3.63) is 58.0 Å². The molecule has 0 unspecified atom stereocenters. The summed E-state index contributed by atoms with van der Waals surface area (Å²) in [6.07, 6.45) is 3.35. The zero-order valence-corrected chi connectivity index (χ0v) is 13.3. The zero-order valence-electron chi connectivity index (χ0n) is 12.5. The van der Waals surface area contributed by atoms with Crippen molar-refractivity contribution >= 4 is 21.6 Å². The maximum Gasteiger partial charge on any atom is 0.262 e. The summed E-state index contributed by atoms with van der Waals surface area (Å²) < 4.78 is 7.31. The lowest BCUT2D eigenvalue weighted by Gasteiger charge is -2.07. The van der Waals surface area contributed by atoms with Gasteiger partial charge in [0, 0.05) is 11.4 Å². The summed E-state index contributed by atoms with van der Waals surface area (Å²) in [6.45, 7) is 3.29. The predicted octanol–water partition coefficient (Wildman–Crippen LogP) is 3.49. The second-order valence-electron chi connectivity index (χ2n) is 5.04. The first-order valence-electron chi connectivity index (χ1n) is 7.43. The second kappa shape index (κ2) is 6.75. The number of fused-ring (bicyclic) bond motifs is 1. The summed E-state index contributed by atoms with van der Waals surface area (Å²) in [5.74, 6) is 0.855. The topological polar surface area (TPSA) is 44.1 Å². The Balaban J connectivity index is 1.64. The van der Waals surface area contributed by atoms with Gasteiger partial charge in [-0.3, -0.25) is 9.36 Å². The van der Waals surface area contributed by atoms with E-state index in [1.54, 1.807) is 22.2 Å². The van der Waals surface area contributed by atoms with Crippen molar-refractivity contribution in [2.75, 3.05) is 6.61 Å².